The number of aryl methyl sites for hydroxylation is 2. The highest BCUT2D eigenvalue weighted by Crippen LogP contribution is 2.23. The number of nitrogens with zero attached hydrogens (tertiary/aromatic N) is 5. The van der Waals surface area contributed by atoms with E-state index >= 15 is 0 Å². The van der Waals surface area contributed by atoms with Gasteiger partial charge in [-0.1, -0.05) is 6.07 Å². The maximum absolute atomic E-state index is 12.2. The Bertz CT molecular complexity index is 728. The summed E-state index contributed by atoms with van der Waals surface area (Å²) in [6.45, 7) is 4.60. The SMILES string of the molecule is COc1cccc(CN2CCC(n3c(C)nn(C)c3=O)CC2)n1. The van der Waals surface area contributed by atoms with Crippen LogP contribution in [0.3, 0.4) is 0 Å². The number of aromatic nitrogens is 4. The number of likely N-dealkylation sites (tertiary alicyclic amines) is 1. The lowest BCUT2D eigenvalue weighted by molar-refractivity contribution is 0.174. The van der Waals surface area contributed by atoms with Crippen LogP contribution in [0, 0.1) is 6.92 Å². The van der Waals surface area contributed by atoms with Crippen LogP contribution >= 0.6 is 0 Å². The number of ether oxygens (including phenoxy) is 1. The molecule has 0 amide bonds. The fraction of sp³-hybridized carbons (Fsp3) is 0.562. The lowest BCUT2D eigenvalue weighted by Crippen LogP contribution is -2.37. The molecular formula is C16H23N5O2. The zero-order chi connectivity index (χ0) is 16.4. The Balaban J connectivity index is 1.63. The van der Waals surface area contributed by atoms with Gasteiger partial charge in [0.15, 0.2) is 0 Å². The van der Waals surface area contributed by atoms with Crippen LogP contribution in [-0.4, -0.2) is 44.4 Å². The predicted molar refractivity (Wildman–Crippen MR) is 86.5 cm³/mol. The van der Waals surface area contributed by atoms with Crippen molar-refractivity contribution < 1.29 is 4.74 Å². The summed E-state index contributed by atoms with van der Waals surface area (Å²) in [6, 6.07) is 6.08. The number of hydrogen-bond donors (Lipinski definition) is 0. The molecule has 3 rings (SSSR count). The Morgan fingerprint density at radius 2 is 2.04 bits per heavy atom. The van der Waals surface area contributed by atoms with Gasteiger partial charge in [-0.25, -0.2) is 14.5 Å². The molecular weight excluding hydrogens is 294 g/mol. The van der Waals surface area contributed by atoms with E-state index in [0.29, 0.717) is 5.88 Å². The normalized spacial score (nSPS) is 16.7. The van der Waals surface area contributed by atoms with Crippen molar-refractivity contribution in [2.24, 2.45) is 7.05 Å². The fourth-order valence-electron chi connectivity index (χ4n) is 3.25. The van der Waals surface area contributed by atoms with E-state index in [1.54, 1.807) is 14.2 Å². The monoisotopic (exact) mass is 317 g/mol. The third-order valence-corrected chi connectivity index (χ3v) is 4.42. The van der Waals surface area contributed by atoms with Crippen molar-refractivity contribution in [3.8, 4) is 5.88 Å². The van der Waals surface area contributed by atoms with Gasteiger partial charge in [0.2, 0.25) is 5.88 Å². The average molecular weight is 317 g/mol. The van der Waals surface area contributed by atoms with Crippen LogP contribution in [0.25, 0.3) is 0 Å². The smallest absolute Gasteiger partial charge is 0.345 e. The number of rotatable bonds is 4. The topological polar surface area (TPSA) is 65.2 Å². The minimum Gasteiger partial charge on any atom is -0.481 e. The molecule has 23 heavy (non-hydrogen) atoms. The van der Waals surface area contributed by atoms with Gasteiger partial charge in [0, 0.05) is 38.8 Å². The van der Waals surface area contributed by atoms with Gasteiger partial charge in [-0.05, 0) is 25.8 Å². The van der Waals surface area contributed by atoms with Crippen molar-refractivity contribution in [3.05, 3.63) is 40.2 Å². The van der Waals surface area contributed by atoms with Crippen molar-refractivity contribution in [1.82, 2.24) is 24.2 Å². The van der Waals surface area contributed by atoms with Gasteiger partial charge < -0.3 is 4.74 Å². The van der Waals surface area contributed by atoms with E-state index in [1.807, 2.05) is 29.7 Å². The molecule has 1 fully saturated rings. The number of piperidine rings is 1. The van der Waals surface area contributed by atoms with Gasteiger partial charge >= 0.3 is 5.69 Å². The van der Waals surface area contributed by atoms with E-state index in [9.17, 15) is 4.79 Å². The Hall–Kier alpha value is -2.15. The largest absolute Gasteiger partial charge is 0.481 e. The van der Waals surface area contributed by atoms with E-state index in [0.717, 1.165) is 44.0 Å². The molecule has 7 nitrogen and oxygen atoms in total. The molecule has 0 N–H and O–H groups in total. The average Bonchev–Trinajstić information content (AvgIpc) is 2.81. The van der Waals surface area contributed by atoms with Crippen molar-refractivity contribution >= 4 is 0 Å². The molecule has 0 unspecified atom stereocenters. The van der Waals surface area contributed by atoms with Crippen molar-refractivity contribution in [2.45, 2.75) is 32.4 Å². The molecule has 2 aromatic rings. The highest BCUT2D eigenvalue weighted by Gasteiger charge is 2.24. The number of pyridine rings is 1. The van der Waals surface area contributed by atoms with Gasteiger partial charge in [0.05, 0.1) is 12.8 Å². The van der Waals surface area contributed by atoms with Crippen LogP contribution in [0.5, 0.6) is 5.88 Å². The van der Waals surface area contributed by atoms with Gasteiger partial charge in [-0.15, -0.1) is 0 Å². The van der Waals surface area contributed by atoms with Gasteiger partial charge in [0.25, 0.3) is 0 Å². The van der Waals surface area contributed by atoms with Crippen LogP contribution in [0.2, 0.25) is 0 Å². The molecule has 1 saturated heterocycles. The van der Waals surface area contributed by atoms with E-state index < -0.39 is 0 Å². The van der Waals surface area contributed by atoms with Crippen LogP contribution < -0.4 is 10.4 Å². The predicted octanol–water partition coefficient (Wildman–Crippen LogP) is 1.13. The molecule has 0 aliphatic carbocycles. The van der Waals surface area contributed by atoms with Crippen molar-refractivity contribution in [2.75, 3.05) is 20.2 Å². The maximum Gasteiger partial charge on any atom is 0.345 e. The first-order valence-electron chi connectivity index (χ1n) is 7.93. The maximum atomic E-state index is 12.2. The van der Waals surface area contributed by atoms with Gasteiger partial charge in [-0.2, -0.15) is 5.10 Å². The third kappa shape index (κ3) is 3.29. The molecule has 0 radical (unpaired) electrons. The van der Waals surface area contributed by atoms with E-state index in [-0.39, 0.29) is 11.7 Å². The van der Waals surface area contributed by atoms with Crippen LogP contribution in [0.1, 0.15) is 30.4 Å². The molecule has 0 aromatic carbocycles. The first-order valence-corrected chi connectivity index (χ1v) is 7.93. The Morgan fingerprint density at radius 3 is 2.65 bits per heavy atom. The highest BCUT2D eigenvalue weighted by molar-refractivity contribution is 5.15. The van der Waals surface area contributed by atoms with Gasteiger partial charge in [-0.3, -0.25) is 9.47 Å². The minimum absolute atomic E-state index is 0.0181. The second-order valence-corrected chi connectivity index (χ2v) is 6.00. The summed E-state index contributed by atoms with van der Waals surface area (Å²) < 4.78 is 8.42. The first-order chi connectivity index (χ1) is 11.1. The van der Waals surface area contributed by atoms with Crippen LogP contribution in [0.15, 0.2) is 23.0 Å². The molecule has 124 valence electrons. The summed E-state index contributed by atoms with van der Waals surface area (Å²) in [5.74, 6) is 1.44. The minimum atomic E-state index is -0.0181. The Kier molecular flexibility index (Phi) is 4.47. The zero-order valence-electron chi connectivity index (χ0n) is 13.9. The fourth-order valence-corrected chi connectivity index (χ4v) is 3.25. The summed E-state index contributed by atoms with van der Waals surface area (Å²) in [5.41, 5.74) is 0.993. The standard InChI is InChI=1S/C16H23N5O2/c1-12-18-19(2)16(22)21(12)14-7-9-20(10-8-14)11-13-5-4-6-15(17-13)23-3/h4-6,14H,7-11H2,1-3H3. The van der Waals surface area contributed by atoms with E-state index in [4.69, 9.17) is 4.74 Å². The molecule has 0 bridgehead atoms. The number of methoxy groups -OCH3 is 1. The number of hydrogen-bond acceptors (Lipinski definition) is 5. The summed E-state index contributed by atoms with van der Waals surface area (Å²) in [4.78, 5) is 19.0. The van der Waals surface area contributed by atoms with Crippen LogP contribution in [-0.2, 0) is 13.6 Å². The highest BCUT2D eigenvalue weighted by atomic mass is 16.5. The molecule has 7 heteroatoms. The quantitative estimate of drug-likeness (QED) is 0.846. The van der Waals surface area contributed by atoms with Crippen molar-refractivity contribution in [1.29, 1.82) is 0 Å². The molecule has 0 saturated carbocycles. The summed E-state index contributed by atoms with van der Waals surface area (Å²) in [5, 5.41) is 4.22. The van der Waals surface area contributed by atoms with Crippen molar-refractivity contribution in [3.63, 3.8) is 0 Å². The molecule has 0 spiro atoms. The molecule has 2 aromatic heterocycles. The second-order valence-electron chi connectivity index (χ2n) is 6.00. The van der Waals surface area contributed by atoms with Crippen LogP contribution in [0.4, 0.5) is 0 Å². The lowest BCUT2D eigenvalue weighted by Gasteiger charge is -2.32. The van der Waals surface area contributed by atoms with E-state index in [1.165, 1.54) is 4.68 Å². The molecule has 3 heterocycles. The second kappa shape index (κ2) is 6.54. The van der Waals surface area contributed by atoms with Gasteiger partial charge in [0.1, 0.15) is 5.82 Å². The molecule has 1 aliphatic rings. The summed E-state index contributed by atoms with van der Waals surface area (Å²) in [7, 11) is 3.33. The van der Waals surface area contributed by atoms with E-state index in [2.05, 4.69) is 15.0 Å². The zero-order valence-corrected chi connectivity index (χ0v) is 13.9. The molecule has 0 atom stereocenters. The first kappa shape index (κ1) is 15.7. The Labute approximate surface area is 135 Å². The summed E-state index contributed by atoms with van der Waals surface area (Å²) in [6.07, 6.45) is 1.91. The third-order valence-electron chi connectivity index (χ3n) is 4.42. The summed E-state index contributed by atoms with van der Waals surface area (Å²) >= 11 is 0. The lowest BCUT2D eigenvalue weighted by atomic mass is 10.0. The Morgan fingerprint density at radius 1 is 1.30 bits per heavy atom. The molecule has 1 aliphatic heterocycles.